The van der Waals surface area contributed by atoms with Gasteiger partial charge in [0.05, 0.1) is 4.90 Å². The Morgan fingerprint density at radius 2 is 1.85 bits per heavy atom. The van der Waals surface area contributed by atoms with Crippen molar-refractivity contribution in [2.45, 2.75) is 31.2 Å². The lowest BCUT2D eigenvalue weighted by atomic mass is 10.0. The van der Waals surface area contributed by atoms with Crippen LogP contribution >= 0.6 is 11.6 Å². The molecule has 2 aromatic rings. The molecular weight excluding hydrogens is 386 g/mol. The van der Waals surface area contributed by atoms with Gasteiger partial charge in [0.2, 0.25) is 10.0 Å². The summed E-state index contributed by atoms with van der Waals surface area (Å²) >= 11 is 5.73. The van der Waals surface area contributed by atoms with Crippen LogP contribution in [0.15, 0.2) is 47.5 Å². The van der Waals surface area contributed by atoms with Crippen LogP contribution in [-0.2, 0) is 16.6 Å². The first-order chi connectivity index (χ1) is 12.9. The Hall–Kier alpha value is -1.96. The first-order valence-corrected chi connectivity index (χ1v) is 10.7. The zero-order chi connectivity index (χ0) is 19.4. The number of piperidine rings is 1. The van der Waals surface area contributed by atoms with Crippen molar-refractivity contribution in [1.29, 1.82) is 0 Å². The largest absolute Gasteiger partial charge is 0.348 e. The van der Waals surface area contributed by atoms with E-state index in [2.05, 4.69) is 17.2 Å². The molecule has 1 aromatic heterocycles. The van der Waals surface area contributed by atoms with E-state index >= 15 is 0 Å². The van der Waals surface area contributed by atoms with Crippen LogP contribution in [0.2, 0.25) is 5.15 Å². The van der Waals surface area contributed by atoms with Gasteiger partial charge in [-0.25, -0.2) is 13.4 Å². The zero-order valence-electron chi connectivity index (χ0n) is 15.1. The van der Waals surface area contributed by atoms with Crippen molar-refractivity contribution < 1.29 is 13.2 Å². The number of benzene rings is 1. The van der Waals surface area contributed by atoms with Crippen LogP contribution in [0.4, 0.5) is 0 Å². The van der Waals surface area contributed by atoms with Crippen molar-refractivity contribution in [1.82, 2.24) is 14.6 Å². The van der Waals surface area contributed by atoms with Gasteiger partial charge >= 0.3 is 0 Å². The van der Waals surface area contributed by atoms with Crippen LogP contribution in [0.25, 0.3) is 0 Å². The van der Waals surface area contributed by atoms with Crippen LogP contribution in [0.1, 0.15) is 35.7 Å². The zero-order valence-corrected chi connectivity index (χ0v) is 16.6. The maximum Gasteiger partial charge on any atom is 0.251 e. The number of carbonyl (C=O) groups is 1. The number of halogens is 1. The normalized spacial score (nSPS) is 16.2. The molecule has 1 aliphatic rings. The summed E-state index contributed by atoms with van der Waals surface area (Å²) in [5.41, 5.74) is 1.23. The van der Waals surface area contributed by atoms with E-state index < -0.39 is 10.0 Å². The van der Waals surface area contributed by atoms with Crippen LogP contribution in [-0.4, -0.2) is 36.7 Å². The minimum absolute atomic E-state index is 0.218. The van der Waals surface area contributed by atoms with Gasteiger partial charge in [-0.15, -0.1) is 0 Å². The number of sulfonamides is 1. The first kappa shape index (κ1) is 19.8. The smallest absolute Gasteiger partial charge is 0.251 e. The molecule has 0 aliphatic carbocycles. The molecule has 1 fully saturated rings. The number of rotatable bonds is 5. The third kappa shape index (κ3) is 4.86. The molecule has 8 heteroatoms. The van der Waals surface area contributed by atoms with E-state index in [4.69, 9.17) is 11.6 Å². The van der Waals surface area contributed by atoms with Gasteiger partial charge in [-0.1, -0.05) is 24.6 Å². The quantitative estimate of drug-likeness (QED) is 0.772. The van der Waals surface area contributed by atoms with Crippen LogP contribution in [0.5, 0.6) is 0 Å². The number of nitrogens with zero attached hydrogens (tertiary/aromatic N) is 2. The van der Waals surface area contributed by atoms with Gasteiger partial charge in [-0.2, -0.15) is 4.31 Å². The molecule has 1 saturated heterocycles. The maximum absolute atomic E-state index is 12.7. The van der Waals surface area contributed by atoms with Crippen molar-refractivity contribution in [2.75, 3.05) is 13.1 Å². The van der Waals surface area contributed by atoms with Crippen molar-refractivity contribution in [3.8, 4) is 0 Å². The van der Waals surface area contributed by atoms with Gasteiger partial charge in [-0.05, 0) is 54.7 Å². The molecule has 0 saturated carbocycles. The second kappa shape index (κ2) is 8.37. The molecule has 0 unspecified atom stereocenters. The lowest BCUT2D eigenvalue weighted by Crippen LogP contribution is -2.37. The SMILES string of the molecule is CC1CCN(S(=O)(=O)c2ccc(C(=O)NCc3ccc(Cl)nc3)cc2)CC1. The van der Waals surface area contributed by atoms with Crippen molar-refractivity contribution >= 4 is 27.5 Å². The highest BCUT2D eigenvalue weighted by Crippen LogP contribution is 2.23. The van der Waals surface area contributed by atoms with E-state index in [1.165, 1.54) is 28.6 Å². The summed E-state index contributed by atoms with van der Waals surface area (Å²) < 4.78 is 27.0. The van der Waals surface area contributed by atoms with Crippen molar-refractivity contribution in [3.63, 3.8) is 0 Å². The minimum atomic E-state index is -3.51. The van der Waals surface area contributed by atoms with Gasteiger partial charge in [0, 0.05) is 31.4 Å². The number of hydrogen-bond donors (Lipinski definition) is 1. The molecule has 2 heterocycles. The van der Waals surface area contributed by atoms with Gasteiger partial charge in [0.1, 0.15) is 5.15 Å². The monoisotopic (exact) mass is 407 g/mol. The summed E-state index contributed by atoms with van der Waals surface area (Å²) in [7, 11) is -3.51. The fourth-order valence-corrected chi connectivity index (χ4v) is 4.53. The summed E-state index contributed by atoms with van der Waals surface area (Å²) in [5, 5.41) is 3.17. The molecule has 0 bridgehead atoms. The first-order valence-electron chi connectivity index (χ1n) is 8.85. The topological polar surface area (TPSA) is 79.4 Å². The van der Waals surface area contributed by atoms with Gasteiger partial charge < -0.3 is 5.32 Å². The third-order valence-corrected chi connectivity index (χ3v) is 6.88. The van der Waals surface area contributed by atoms with Crippen molar-refractivity contribution in [3.05, 3.63) is 58.9 Å². The minimum Gasteiger partial charge on any atom is -0.348 e. The van der Waals surface area contributed by atoms with E-state index in [9.17, 15) is 13.2 Å². The molecule has 1 aromatic carbocycles. The number of nitrogens with one attached hydrogen (secondary N) is 1. The Bertz CT molecular complexity index is 891. The molecule has 144 valence electrons. The number of pyridine rings is 1. The molecular formula is C19H22ClN3O3S. The maximum atomic E-state index is 12.7. The molecule has 27 heavy (non-hydrogen) atoms. The number of carbonyl (C=O) groups excluding carboxylic acids is 1. The standard InChI is InChI=1S/C19H22ClN3O3S/c1-14-8-10-23(11-9-14)27(25,26)17-5-3-16(4-6-17)19(24)22-13-15-2-7-18(20)21-12-15/h2-7,12,14H,8-11,13H2,1H3,(H,22,24). The fourth-order valence-electron chi connectivity index (χ4n) is 2.95. The molecule has 1 aliphatic heterocycles. The Labute approximate surface area is 164 Å². The Balaban J connectivity index is 1.63. The molecule has 0 spiro atoms. The van der Waals surface area contributed by atoms with Crippen LogP contribution in [0.3, 0.4) is 0 Å². The van der Waals surface area contributed by atoms with Crippen molar-refractivity contribution in [2.24, 2.45) is 5.92 Å². The lowest BCUT2D eigenvalue weighted by molar-refractivity contribution is 0.0950. The second-order valence-corrected chi connectivity index (χ2v) is 9.11. The van der Waals surface area contributed by atoms with E-state index in [1.807, 2.05) is 0 Å². The summed E-state index contributed by atoms with van der Waals surface area (Å²) in [6, 6.07) is 9.50. The molecule has 1 N–H and O–H groups in total. The fraction of sp³-hybridized carbons (Fsp3) is 0.368. The van der Waals surface area contributed by atoms with E-state index in [0.717, 1.165) is 18.4 Å². The van der Waals surface area contributed by atoms with Gasteiger partial charge in [0.15, 0.2) is 0 Å². The number of aromatic nitrogens is 1. The van der Waals surface area contributed by atoms with Gasteiger partial charge in [0.25, 0.3) is 5.91 Å². The average molecular weight is 408 g/mol. The summed E-state index contributed by atoms with van der Waals surface area (Å²) in [5.74, 6) is 0.277. The van der Waals surface area contributed by atoms with Gasteiger partial charge in [-0.3, -0.25) is 4.79 Å². The molecule has 0 atom stereocenters. The van der Waals surface area contributed by atoms with E-state index in [0.29, 0.717) is 36.3 Å². The molecule has 6 nitrogen and oxygen atoms in total. The number of hydrogen-bond acceptors (Lipinski definition) is 4. The highest BCUT2D eigenvalue weighted by Gasteiger charge is 2.28. The Kier molecular flexibility index (Phi) is 6.14. The predicted molar refractivity (Wildman–Crippen MR) is 104 cm³/mol. The van der Waals surface area contributed by atoms with E-state index in [-0.39, 0.29) is 10.8 Å². The second-order valence-electron chi connectivity index (χ2n) is 6.78. The summed E-state index contributed by atoms with van der Waals surface area (Å²) in [6.45, 7) is 3.54. The lowest BCUT2D eigenvalue weighted by Gasteiger charge is -2.29. The summed E-state index contributed by atoms with van der Waals surface area (Å²) in [6.07, 6.45) is 3.34. The molecule has 3 rings (SSSR count). The molecule has 0 radical (unpaired) electrons. The van der Waals surface area contributed by atoms with Crippen LogP contribution in [0, 0.1) is 5.92 Å². The third-order valence-electron chi connectivity index (χ3n) is 4.74. The highest BCUT2D eigenvalue weighted by atomic mass is 35.5. The average Bonchev–Trinajstić information content (AvgIpc) is 2.68. The highest BCUT2D eigenvalue weighted by molar-refractivity contribution is 7.89. The Morgan fingerprint density at radius 3 is 2.44 bits per heavy atom. The van der Waals surface area contributed by atoms with Crippen LogP contribution < -0.4 is 5.32 Å². The summed E-state index contributed by atoms with van der Waals surface area (Å²) in [4.78, 5) is 16.4. The van der Waals surface area contributed by atoms with E-state index in [1.54, 1.807) is 18.3 Å². The predicted octanol–water partition coefficient (Wildman–Crippen LogP) is 3.09. The number of amides is 1. The molecule has 1 amide bonds. The Morgan fingerprint density at radius 1 is 1.19 bits per heavy atom.